The van der Waals surface area contributed by atoms with Gasteiger partial charge in [-0.1, -0.05) is 0 Å². The molecule has 2 aromatic rings. The number of nitrogens with one attached hydrogen (secondary N) is 1. The predicted octanol–water partition coefficient (Wildman–Crippen LogP) is 2.24. The van der Waals surface area contributed by atoms with Gasteiger partial charge in [0.05, 0.1) is 35.1 Å². The molecule has 29 heavy (non-hydrogen) atoms. The Bertz CT molecular complexity index is 1070. The average molecular weight is 427 g/mol. The second-order valence-electron chi connectivity index (χ2n) is 6.64. The molecule has 0 unspecified atom stereocenters. The maximum atomic E-state index is 12.7. The largest absolute Gasteiger partial charge is 0.416 e. The lowest BCUT2D eigenvalue weighted by Gasteiger charge is -2.26. The standard InChI is InChI=1S/C17H16F3N5O3S/c18-17(19,20)11-1-3-12(4-2-11)23-16-13(15(22)26)8-25(24-16)14-5-6-29(27,28)9-10(14)7-21/h1-4,8,10,14H,5-6,9H2,(H2,22,26)(H,23,24)/t10-,14+/m0/s1. The van der Waals surface area contributed by atoms with Crippen molar-refractivity contribution in [2.75, 3.05) is 16.8 Å². The van der Waals surface area contributed by atoms with Crippen molar-refractivity contribution in [3.63, 3.8) is 0 Å². The fourth-order valence-corrected chi connectivity index (χ4v) is 4.73. The first-order valence-corrected chi connectivity index (χ1v) is 10.3. The highest BCUT2D eigenvalue weighted by atomic mass is 32.2. The molecule has 0 saturated carbocycles. The van der Waals surface area contributed by atoms with Crippen LogP contribution in [-0.2, 0) is 16.0 Å². The van der Waals surface area contributed by atoms with Crippen molar-refractivity contribution >= 4 is 27.2 Å². The molecule has 0 radical (unpaired) electrons. The summed E-state index contributed by atoms with van der Waals surface area (Å²) in [5.41, 5.74) is 4.74. The van der Waals surface area contributed by atoms with Gasteiger partial charge in [0.2, 0.25) is 0 Å². The number of nitrogens with zero attached hydrogens (tertiary/aromatic N) is 3. The van der Waals surface area contributed by atoms with Crippen molar-refractivity contribution in [3.05, 3.63) is 41.6 Å². The molecule has 0 aliphatic carbocycles. The molecule has 1 aromatic heterocycles. The van der Waals surface area contributed by atoms with Crippen molar-refractivity contribution in [2.24, 2.45) is 11.7 Å². The second-order valence-corrected chi connectivity index (χ2v) is 8.87. The van der Waals surface area contributed by atoms with Crippen molar-refractivity contribution in [3.8, 4) is 6.07 Å². The normalized spacial score (nSPS) is 21.3. The summed E-state index contributed by atoms with van der Waals surface area (Å²) >= 11 is 0. The summed E-state index contributed by atoms with van der Waals surface area (Å²) in [6.07, 6.45) is -3.03. The van der Waals surface area contributed by atoms with E-state index < -0.39 is 39.4 Å². The van der Waals surface area contributed by atoms with Gasteiger partial charge in [-0.2, -0.15) is 23.5 Å². The maximum absolute atomic E-state index is 12.7. The zero-order chi connectivity index (χ0) is 21.4. The van der Waals surface area contributed by atoms with Gasteiger partial charge < -0.3 is 11.1 Å². The van der Waals surface area contributed by atoms with Crippen LogP contribution >= 0.6 is 0 Å². The van der Waals surface area contributed by atoms with E-state index in [-0.39, 0.29) is 35.0 Å². The Balaban J connectivity index is 1.90. The van der Waals surface area contributed by atoms with Crippen molar-refractivity contribution in [1.29, 1.82) is 5.26 Å². The minimum Gasteiger partial charge on any atom is -0.365 e. The number of benzene rings is 1. The number of nitrogens with two attached hydrogens (primary N) is 1. The Labute approximate surface area is 164 Å². The Kier molecular flexibility index (Phi) is 5.27. The molecule has 1 aliphatic rings. The first kappa shape index (κ1) is 20.7. The van der Waals surface area contributed by atoms with Gasteiger partial charge in [-0.3, -0.25) is 9.48 Å². The maximum Gasteiger partial charge on any atom is 0.416 e. The van der Waals surface area contributed by atoms with E-state index in [0.29, 0.717) is 0 Å². The minimum absolute atomic E-state index is 0.00220. The smallest absolute Gasteiger partial charge is 0.365 e. The van der Waals surface area contributed by atoms with Crippen LogP contribution < -0.4 is 11.1 Å². The van der Waals surface area contributed by atoms with E-state index in [1.54, 1.807) is 0 Å². The van der Waals surface area contributed by atoms with Crippen LogP contribution in [0.4, 0.5) is 24.7 Å². The molecule has 1 fully saturated rings. The first-order chi connectivity index (χ1) is 13.5. The molecular weight excluding hydrogens is 411 g/mol. The zero-order valence-corrected chi connectivity index (χ0v) is 15.7. The average Bonchev–Trinajstić information content (AvgIpc) is 3.04. The Hall–Kier alpha value is -3.07. The molecular formula is C17H16F3N5O3S. The number of halogens is 3. The van der Waals surface area contributed by atoms with Crippen molar-refractivity contribution < 1.29 is 26.4 Å². The highest BCUT2D eigenvalue weighted by Gasteiger charge is 2.36. The summed E-state index contributed by atoms with van der Waals surface area (Å²) in [7, 11) is -3.33. The molecule has 12 heteroatoms. The van der Waals surface area contributed by atoms with E-state index in [2.05, 4.69) is 10.4 Å². The number of hydrogen-bond donors (Lipinski definition) is 2. The monoisotopic (exact) mass is 427 g/mol. The number of nitriles is 1. The number of rotatable bonds is 4. The predicted molar refractivity (Wildman–Crippen MR) is 96.9 cm³/mol. The molecule has 1 amide bonds. The lowest BCUT2D eigenvalue weighted by molar-refractivity contribution is -0.137. The number of hydrogen-bond acceptors (Lipinski definition) is 6. The lowest BCUT2D eigenvalue weighted by atomic mass is 10.0. The third kappa shape index (κ3) is 4.51. The van der Waals surface area contributed by atoms with Gasteiger partial charge in [0.25, 0.3) is 5.91 Å². The van der Waals surface area contributed by atoms with Gasteiger partial charge in [0.15, 0.2) is 15.7 Å². The molecule has 3 N–H and O–H groups in total. The Morgan fingerprint density at radius 2 is 1.97 bits per heavy atom. The number of primary amides is 1. The Morgan fingerprint density at radius 3 is 2.52 bits per heavy atom. The Morgan fingerprint density at radius 1 is 1.31 bits per heavy atom. The van der Waals surface area contributed by atoms with E-state index in [1.807, 2.05) is 6.07 Å². The van der Waals surface area contributed by atoms with Gasteiger partial charge >= 0.3 is 6.18 Å². The lowest BCUT2D eigenvalue weighted by Crippen LogP contribution is -2.34. The highest BCUT2D eigenvalue weighted by Crippen LogP contribution is 2.32. The summed E-state index contributed by atoms with van der Waals surface area (Å²) in [6.45, 7) is 0. The van der Waals surface area contributed by atoms with Crippen LogP contribution in [-0.4, -0.2) is 35.6 Å². The van der Waals surface area contributed by atoms with Gasteiger partial charge in [-0.15, -0.1) is 0 Å². The van der Waals surface area contributed by atoms with Crippen LogP contribution in [0.5, 0.6) is 0 Å². The molecule has 1 aromatic carbocycles. The summed E-state index contributed by atoms with van der Waals surface area (Å²) in [5, 5.41) is 16.3. The second kappa shape index (κ2) is 7.40. The van der Waals surface area contributed by atoms with E-state index in [9.17, 15) is 31.6 Å². The van der Waals surface area contributed by atoms with Gasteiger partial charge in [0.1, 0.15) is 5.56 Å². The molecule has 1 aliphatic heterocycles. The van der Waals surface area contributed by atoms with Gasteiger partial charge in [-0.25, -0.2) is 8.42 Å². The molecule has 8 nitrogen and oxygen atoms in total. The van der Waals surface area contributed by atoms with Gasteiger partial charge in [0, 0.05) is 11.9 Å². The molecule has 2 heterocycles. The molecule has 3 rings (SSSR count). The van der Waals surface area contributed by atoms with Crippen LogP contribution in [0.15, 0.2) is 30.5 Å². The summed E-state index contributed by atoms with van der Waals surface area (Å²) < 4.78 is 62.9. The number of carbonyl (C=O) groups is 1. The zero-order valence-electron chi connectivity index (χ0n) is 14.8. The molecule has 0 spiro atoms. The molecule has 1 saturated heterocycles. The van der Waals surface area contributed by atoms with Crippen LogP contribution in [0.25, 0.3) is 0 Å². The van der Waals surface area contributed by atoms with Crippen molar-refractivity contribution in [2.45, 2.75) is 18.6 Å². The van der Waals surface area contributed by atoms with Crippen LogP contribution in [0.1, 0.15) is 28.4 Å². The first-order valence-electron chi connectivity index (χ1n) is 8.43. The van der Waals surface area contributed by atoms with E-state index >= 15 is 0 Å². The number of sulfone groups is 1. The number of aromatic nitrogens is 2. The summed E-state index contributed by atoms with van der Waals surface area (Å²) in [4.78, 5) is 11.8. The number of alkyl halides is 3. The number of anilines is 2. The molecule has 2 atom stereocenters. The van der Waals surface area contributed by atoms with Crippen LogP contribution in [0, 0.1) is 17.2 Å². The fraction of sp³-hybridized carbons (Fsp3) is 0.353. The van der Waals surface area contributed by atoms with Crippen LogP contribution in [0.3, 0.4) is 0 Å². The van der Waals surface area contributed by atoms with Gasteiger partial charge in [-0.05, 0) is 30.7 Å². The van der Waals surface area contributed by atoms with E-state index in [4.69, 9.17) is 5.73 Å². The third-order valence-electron chi connectivity index (χ3n) is 4.60. The summed E-state index contributed by atoms with van der Waals surface area (Å²) in [6, 6.07) is 5.48. The molecule has 154 valence electrons. The van der Waals surface area contributed by atoms with E-state index in [1.165, 1.54) is 23.0 Å². The summed E-state index contributed by atoms with van der Waals surface area (Å²) in [5.74, 6) is -2.12. The van der Waals surface area contributed by atoms with Crippen molar-refractivity contribution in [1.82, 2.24) is 9.78 Å². The number of carbonyl (C=O) groups excluding carboxylic acids is 1. The third-order valence-corrected chi connectivity index (χ3v) is 6.33. The van der Waals surface area contributed by atoms with E-state index in [0.717, 1.165) is 12.1 Å². The minimum atomic E-state index is -4.48. The number of amides is 1. The quantitative estimate of drug-likeness (QED) is 0.769. The van der Waals surface area contributed by atoms with Crippen LogP contribution in [0.2, 0.25) is 0 Å². The molecule has 0 bridgehead atoms. The topological polar surface area (TPSA) is 131 Å². The fourth-order valence-electron chi connectivity index (χ4n) is 3.12. The highest BCUT2D eigenvalue weighted by molar-refractivity contribution is 7.91. The SMILES string of the molecule is N#C[C@H]1CS(=O)(=O)CC[C@H]1n1cc(C(N)=O)c(Nc2ccc(C(F)(F)F)cc2)n1.